The lowest BCUT2D eigenvalue weighted by Crippen LogP contribution is -2.57. The van der Waals surface area contributed by atoms with E-state index in [-0.39, 0.29) is 41.4 Å². The molecule has 1 aromatic heterocycles. The Morgan fingerprint density at radius 2 is 2.29 bits per heavy atom. The fourth-order valence-electron chi connectivity index (χ4n) is 2.06. The Kier molecular flexibility index (Phi) is 5.17. The number of amides is 1. The Labute approximate surface area is 142 Å². The number of rotatable bonds is 8. The average molecular weight is 354 g/mol. The van der Waals surface area contributed by atoms with Crippen molar-refractivity contribution in [2.45, 2.75) is 39.0 Å². The number of β-lactam (4-membered cyclic amide) rings is 1. The molecular weight excluding hydrogens is 336 g/mol. The van der Waals surface area contributed by atoms with Crippen LogP contribution in [-0.2, 0) is 24.0 Å². The molecule has 24 heavy (non-hydrogen) atoms. The summed E-state index contributed by atoms with van der Waals surface area (Å²) in [4.78, 5) is 43.7. The Morgan fingerprint density at radius 1 is 1.58 bits per heavy atom. The molecule has 0 saturated carbocycles. The van der Waals surface area contributed by atoms with Crippen molar-refractivity contribution in [3.05, 3.63) is 11.1 Å². The van der Waals surface area contributed by atoms with Crippen molar-refractivity contribution in [1.29, 1.82) is 0 Å². The topological polar surface area (TPSA) is 133 Å². The van der Waals surface area contributed by atoms with Crippen LogP contribution in [0.5, 0.6) is 0 Å². The molecule has 1 amide bonds. The van der Waals surface area contributed by atoms with Crippen LogP contribution in [0.15, 0.2) is 10.5 Å². The average Bonchev–Trinajstić information content (AvgIpc) is 2.91. The highest BCUT2D eigenvalue weighted by Gasteiger charge is 2.38. The van der Waals surface area contributed by atoms with E-state index in [0.717, 1.165) is 11.3 Å². The van der Waals surface area contributed by atoms with Crippen LogP contribution in [0, 0.1) is 5.92 Å². The van der Waals surface area contributed by atoms with Crippen molar-refractivity contribution >= 4 is 40.3 Å². The van der Waals surface area contributed by atoms with Crippen molar-refractivity contribution in [3.63, 3.8) is 0 Å². The van der Waals surface area contributed by atoms with Crippen LogP contribution < -0.4 is 11.1 Å². The SMILES string of the molecule is C[C@@H]1NC(=O)[C@H]1CC(=O)/C(=N/OC(C)(C)OC=O)c1csc(N)n1. The number of hydrogen-bond donors (Lipinski definition) is 2. The molecule has 10 heteroatoms. The van der Waals surface area contributed by atoms with Gasteiger partial charge in [0.2, 0.25) is 5.91 Å². The fourth-order valence-corrected chi connectivity index (χ4v) is 2.61. The standard InChI is InChI=1S/C14H18N4O5S/c1-7-8(12(21)16-7)4-10(20)11(9-5-24-13(15)17-9)18-23-14(2,3)22-6-19/h5-8H,4H2,1-3H3,(H2,15,17)(H,16,21)/b18-11+/t7-,8-/m0/s1. The zero-order valence-electron chi connectivity index (χ0n) is 13.4. The molecule has 1 aliphatic rings. The second-order valence-electron chi connectivity index (χ2n) is 5.75. The number of nitrogens with zero attached hydrogens (tertiary/aromatic N) is 2. The second-order valence-corrected chi connectivity index (χ2v) is 6.64. The van der Waals surface area contributed by atoms with Gasteiger partial charge in [0.25, 0.3) is 12.3 Å². The van der Waals surface area contributed by atoms with E-state index in [1.807, 2.05) is 6.92 Å². The van der Waals surface area contributed by atoms with E-state index in [2.05, 4.69) is 15.5 Å². The number of nitrogens with one attached hydrogen (secondary N) is 1. The minimum atomic E-state index is -1.35. The molecule has 0 bridgehead atoms. The number of carbonyl (C=O) groups excluding carboxylic acids is 3. The number of oxime groups is 1. The molecule has 0 unspecified atom stereocenters. The normalized spacial score (nSPS) is 20.8. The number of Topliss-reactive ketones (excluding diaryl/α,β-unsaturated/α-hetero) is 1. The summed E-state index contributed by atoms with van der Waals surface area (Å²) in [5.74, 6) is -2.36. The number of nitrogen functional groups attached to an aromatic ring is 1. The van der Waals surface area contributed by atoms with Crippen LogP contribution in [0.1, 0.15) is 32.9 Å². The van der Waals surface area contributed by atoms with Crippen LogP contribution in [0.4, 0.5) is 5.13 Å². The quantitative estimate of drug-likeness (QED) is 0.228. The molecule has 130 valence electrons. The predicted molar refractivity (Wildman–Crippen MR) is 86.1 cm³/mol. The third-order valence-electron chi connectivity index (χ3n) is 3.43. The summed E-state index contributed by atoms with van der Waals surface area (Å²) >= 11 is 1.14. The molecule has 9 nitrogen and oxygen atoms in total. The molecule has 1 aliphatic heterocycles. The van der Waals surface area contributed by atoms with Gasteiger partial charge in [-0.25, -0.2) is 4.98 Å². The van der Waals surface area contributed by atoms with Crippen molar-refractivity contribution in [3.8, 4) is 0 Å². The molecule has 0 spiro atoms. The Hall–Kier alpha value is -2.49. The van der Waals surface area contributed by atoms with Gasteiger partial charge in [-0.1, -0.05) is 5.16 Å². The highest BCUT2D eigenvalue weighted by molar-refractivity contribution is 7.13. The van der Waals surface area contributed by atoms with Crippen LogP contribution in [0.3, 0.4) is 0 Å². The minimum absolute atomic E-state index is 0.0262. The second kappa shape index (κ2) is 6.95. The van der Waals surface area contributed by atoms with Gasteiger partial charge in [0.1, 0.15) is 5.69 Å². The van der Waals surface area contributed by atoms with Gasteiger partial charge in [0, 0.05) is 31.7 Å². The van der Waals surface area contributed by atoms with E-state index in [1.165, 1.54) is 13.8 Å². The monoisotopic (exact) mass is 354 g/mol. The summed E-state index contributed by atoms with van der Waals surface area (Å²) in [5, 5.41) is 8.29. The molecule has 3 N–H and O–H groups in total. The number of hydrogen-bond acceptors (Lipinski definition) is 9. The number of thiazole rings is 1. The number of aromatic nitrogens is 1. The Balaban J connectivity index is 2.21. The summed E-state index contributed by atoms with van der Waals surface area (Å²) in [6.07, 6.45) is -0.0262. The van der Waals surface area contributed by atoms with E-state index in [4.69, 9.17) is 15.3 Å². The van der Waals surface area contributed by atoms with Crippen molar-refractivity contribution in [1.82, 2.24) is 10.3 Å². The lowest BCUT2D eigenvalue weighted by Gasteiger charge is -2.33. The van der Waals surface area contributed by atoms with E-state index in [0.29, 0.717) is 0 Å². The first-order valence-corrected chi connectivity index (χ1v) is 8.04. The van der Waals surface area contributed by atoms with E-state index >= 15 is 0 Å². The van der Waals surface area contributed by atoms with Crippen LogP contribution in [0.25, 0.3) is 0 Å². The van der Waals surface area contributed by atoms with Crippen LogP contribution in [0.2, 0.25) is 0 Å². The summed E-state index contributed by atoms with van der Waals surface area (Å²) in [5.41, 5.74) is 5.77. The van der Waals surface area contributed by atoms with Crippen LogP contribution in [-0.4, -0.2) is 40.7 Å². The largest absolute Gasteiger partial charge is 0.423 e. The van der Waals surface area contributed by atoms with Crippen LogP contribution >= 0.6 is 11.3 Å². The molecular formula is C14H18N4O5S. The molecule has 0 aliphatic carbocycles. The first-order valence-electron chi connectivity index (χ1n) is 7.16. The zero-order valence-corrected chi connectivity index (χ0v) is 14.3. The first kappa shape index (κ1) is 17.9. The van der Waals surface area contributed by atoms with Gasteiger partial charge in [-0.05, 0) is 6.92 Å². The number of ether oxygens (including phenoxy) is 1. The molecule has 2 atom stereocenters. The summed E-state index contributed by atoms with van der Waals surface area (Å²) in [6.45, 7) is 4.96. The number of ketones is 1. The molecule has 0 radical (unpaired) electrons. The molecule has 1 aromatic rings. The maximum absolute atomic E-state index is 12.5. The summed E-state index contributed by atoms with van der Waals surface area (Å²) in [6, 6.07) is -0.0843. The van der Waals surface area contributed by atoms with Crippen molar-refractivity contribution in [2.75, 3.05) is 5.73 Å². The maximum Gasteiger partial charge on any atom is 0.296 e. The van der Waals surface area contributed by atoms with Gasteiger partial charge < -0.3 is 20.6 Å². The maximum atomic E-state index is 12.5. The number of carbonyl (C=O) groups is 3. The predicted octanol–water partition coefficient (Wildman–Crippen LogP) is 0.449. The summed E-state index contributed by atoms with van der Waals surface area (Å²) in [7, 11) is 0. The van der Waals surface area contributed by atoms with Gasteiger partial charge in [0.15, 0.2) is 16.6 Å². The third kappa shape index (κ3) is 4.07. The number of anilines is 1. The molecule has 1 fully saturated rings. The molecule has 2 heterocycles. The van der Waals surface area contributed by atoms with E-state index in [1.54, 1.807) is 5.38 Å². The highest BCUT2D eigenvalue weighted by atomic mass is 32.1. The molecule has 1 saturated heterocycles. The molecule has 2 rings (SSSR count). The fraction of sp³-hybridized carbons (Fsp3) is 0.500. The smallest absolute Gasteiger partial charge is 0.296 e. The van der Waals surface area contributed by atoms with Gasteiger partial charge in [-0.15, -0.1) is 11.3 Å². The van der Waals surface area contributed by atoms with E-state index in [9.17, 15) is 14.4 Å². The van der Waals surface area contributed by atoms with Gasteiger partial charge in [-0.2, -0.15) is 0 Å². The highest BCUT2D eigenvalue weighted by Crippen LogP contribution is 2.22. The first-order chi connectivity index (χ1) is 11.2. The lowest BCUT2D eigenvalue weighted by atomic mass is 9.86. The van der Waals surface area contributed by atoms with Crippen molar-refractivity contribution in [2.24, 2.45) is 11.1 Å². The lowest BCUT2D eigenvalue weighted by molar-refractivity contribution is -0.203. The molecule has 0 aromatic carbocycles. The van der Waals surface area contributed by atoms with E-state index < -0.39 is 17.5 Å². The summed E-state index contributed by atoms with van der Waals surface area (Å²) < 4.78 is 4.72. The van der Waals surface area contributed by atoms with Gasteiger partial charge >= 0.3 is 0 Å². The van der Waals surface area contributed by atoms with Crippen molar-refractivity contribution < 1.29 is 24.0 Å². The zero-order chi connectivity index (χ0) is 17.9. The van der Waals surface area contributed by atoms with Gasteiger partial charge in [-0.3, -0.25) is 14.4 Å². The van der Waals surface area contributed by atoms with Gasteiger partial charge in [0.05, 0.1) is 5.92 Å². The minimum Gasteiger partial charge on any atom is -0.423 e. The Morgan fingerprint density at radius 3 is 2.79 bits per heavy atom. The third-order valence-corrected chi connectivity index (χ3v) is 4.11. The Bertz CT molecular complexity index is 684. The number of nitrogens with two attached hydrogens (primary N) is 1.